The highest BCUT2D eigenvalue weighted by Gasteiger charge is 2.30. The van der Waals surface area contributed by atoms with E-state index in [9.17, 15) is 8.42 Å². The molecule has 0 aromatic heterocycles. The van der Waals surface area contributed by atoms with Crippen LogP contribution in [-0.4, -0.2) is 40.7 Å². The van der Waals surface area contributed by atoms with Crippen LogP contribution in [0.2, 0.25) is 0 Å². The molecule has 0 spiro atoms. The molecule has 2 heterocycles. The number of para-hydroxylation sites is 1. The topological polar surface area (TPSA) is 71.0 Å². The van der Waals surface area contributed by atoms with Crippen molar-refractivity contribution in [2.24, 2.45) is 4.99 Å². The molecule has 1 atom stereocenters. The van der Waals surface area contributed by atoms with Crippen molar-refractivity contribution < 1.29 is 13.2 Å². The van der Waals surface area contributed by atoms with Gasteiger partial charge in [-0.15, -0.1) is 0 Å². The number of rotatable bonds is 2. The molecule has 20 heavy (non-hydrogen) atoms. The van der Waals surface area contributed by atoms with E-state index in [0.717, 1.165) is 19.4 Å². The van der Waals surface area contributed by atoms with Gasteiger partial charge in [0.2, 0.25) is 5.96 Å². The Kier molecular flexibility index (Phi) is 3.39. The van der Waals surface area contributed by atoms with Crippen LogP contribution in [0.15, 0.2) is 34.2 Å². The number of anilines is 1. The largest absolute Gasteiger partial charge is 0.376 e. The van der Waals surface area contributed by atoms with Crippen LogP contribution in [0.25, 0.3) is 0 Å². The van der Waals surface area contributed by atoms with Gasteiger partial charge in [0.25, 0.3) is 10.0 Å². The smallest absolute Gasteiger partial charge is 0.266 e. The van der Waals surface area contributed by atoms with Gasteiger partial charge in [-0.1, -0.05) is 12.1 Å². The van der Waals surface area contributed by atoms with E-state index in [0.29, 0.717) is 18.2 Å². The molecule has 1 saturated heterocycles. The number of hydrogen-bond donors (Lipinski definition) is 1. The van der Waals surface area contributed by atoms with E-state index in [1.54, 1.807) is 30.1 Å². The first-order valence-corrected chi connectivity index (χ1v) is 8.08. The molecule has 1 unspecified atom stereocenters. The van der Waals surface area contributed by atoms with Gasteiger partial charge in [-0.25, -0.2) is 18.1 Å². The van der Waals surface area contributed by atoms with Gasteiger partial charge in [0.15, 0.2) is 0 Å². The maximum Gasteiger partial charge on any atom is 0.266 e. The number of nitrogens with one attached hydrogen (secondary N) is 1. The molecule has 1 fully saturated rings. The summed E-state index contributed by atoms with van der Waals surface area (Å²) in [5.74, 6) is 0.346. The lowest BCUT2D eigenvalue weighted by molar-refractivity contribution is 0.118. The number of hydrogen-bond acceptors (Lipinski definition) is 4. The molecule has 0 aliphatic carbocycles. The van der Waals surface area contributed by atoms with Crippen molar-refractivity contribution in [3.8, 4) is 0 Å². The van der Waals surface area contributed by atoms with E-state index >= 15 is 0 Å². The van der Waals surface area contributed by atoms with Crippen LogP contribution in [-0.2, 0) is 14.8 Å². The van der Waals surface area contributed by atoms with Crippen molar-refractivity contribution in [1.82, 2.24) is 4.72 Å². The van der Waals surface area contributed by atoms with Crippen LogP contribution in [0.4, 0.5) is 5.69 Å². The van der Waals surface area contributed by atoms with Crippen molar-refractivity contribution in [1.29, 1.82) is 0 Å². The van der Waals surface area contributed by atoms with E-state index in [4.69, 9.17) is 4.74 Å². The fourth-order valence-electron chi connectivity index (χ4n) is 2.43. The highest BCUT2D eigenvalue weighted by atomic mass is 32.2. The number of nitrogens with zero attached hydrogens (tertiary/aromatic N) is 2. The van der Waals surface area contributed by atoms with Crippen molar-refractivity contribution in [3.63, 3.8) is 0 Å². The molecular weight excluding hydrogens is 278 g/mol. The predicted molar refractivity (Wildman–Crippen MR) is 76.4 cm³/mol. The SMILES string of the molecule is CN1C(=NCC2CCCO2)NS(=O)(=O)c2ccccc21. The van der Waals surface area contributed by atoms with Gasteiger partial charge in [-0.2, -0.15) is 0 Å². The zero-order valence-corrected chi connectivity index (χ0v) is 12.1. The van der Waals surface area contributed by atoms with Crippen molar-refractivity contribution >= 4 is 21.7 Å². The summed E-state index contributed by atoms with van der Waals surface area (Å²) in [6.45, 7) is 1.24. The van der Waals surface area contributed by atoms with E-state index in [1.807, 2.05) is 6.07 Å². The number of guanidine groups is 1. The Morgan fingerprint density at radius 2 is 2.25 bits per heavy atom. The van der Waals surface area contributed by atoms with Crippen LogP contribution in [0.3, 0.4) is 0 Å². The molecule has 6 nitrogen and oxygen atoms in total. The third-order valence-electron chi connectivity index (χ3n) is 3.53. The average Bonchev–Trinajstić information content (AvgIpc) is 2.95. The van der Waals surface area contributed by atoms with E-state index in [1.165, 1.54) is 0 Å². The Morgan fingerprint density at radius 1 is 1.45 bits per heavy atom. The standard InChI is InChI=1S/C13H17N3O3S/c1-16-11-6-2-3-7-12(11)20(17,18)15-13(16)14-9-10-5-4-8-19-10/h2-3,6-7,10H,4-5,8-9H2,1H3,(H,14,15). The predicted octanol–water partition coefficient (Wildman–Crippen LogP) is 0.950. The normalized spacial score (nSPS) is 26.4. The average molecular weight is 295 g/mol. The monoisotopic (exact) mass is 295 g/mol. The van der Waals surface area contributed by atoms with Crippen LogP contribution in [0.5, 0.6) is 0 Å². The Balaban J connectivity index is 1.89. The van der Waals surface area contributed by atoms with E-state index < -0.39 is 10.0 Å². The third kappa shape index (κ3) is 2.38. The van der Waals surface area contributed by atoms with Gasteiger partial charge in [0.1, 0.15) is 4.90 Å². The minimum atomic E-state index is -3.53. The minimum Gasteiger partial charge on any atom is -0.376 e. The van der Waals surface area contributed by atoms with Gasteiger partial charge >= 0.3 is 0 Å². The summed E-state index contributed by atoms with van der Waals surface area (Å²) in [5, 5.41) is 0. The fraction of sp³-hybridized carbons (Fsp3) is 0.462. The Hall–Kier alpha value is -1.60. The second kappa shape index (κ2) is 5.06. The van der Waals surface area contributed by atoms with Crippen molar-refractivity contribution in [2.45, 2.75) is 23.8 Å². The number of fused-ring (bicyclic) bond motifs is 1. The first kappa shape index (κ1) is 13.4. The van der Waals surface area contributed by atoms with E-state index in [2.05, 4.69) is 9.71 Å². The number of ether oxygens (including phenoxy) is 1. The molecule has 108 valence electrons. The quantitative estimate of drug-likeness (QED) is 0.882. The number of sulfonamides is 1. The van der Waals surface area contributed by atoms with Gasteiger partial charge in [0, 0.05) is 13.7 Å². The summed E-state index contributed by atoms with van der Waals surface area (Å²) in [6, 6.07) is 6.88. The minimum absolute atomic E-state index is 0.0950. The molecule has 7 heteroatoms. The highest BCUT2D eigenvalue weighted by Crippen LogP contribution is 2.27. The van der Waals surface area contributed by atoms with Crippen LogP contribution >= 0.6 is 0 Å². The molecule has 1 aromatic rings. The maximum absolute atomic E-state index is 12.2. The summed E-state index contributed by atoms with van der Waals surface area (Å²) < 4.78 is 32.4. The zero-order chi connectivity index (χ0) is 14.2. The molecule has 1 aromatic carbocycles. The van der Waals surface area contributed by atoms with Gasteiger partial charge in [-0.3, -0.25) is 0 Å². The number of aliphatic imine (C=N–C) groups is 1. The maximum atomic E-state index is 12.2. The second-order valence-corrected chi connectivity index (χ2v) is 6.58. The Morgan fingerprint density at radius 3 is 3.00 bits per heavy atom. The molecule has 0 amide bonds. The van der Waals surface area contributed by atoms with Crippen LogP contribution in [0.1, 0.15) is 12.8 Å². The van der Waals surface area contributed by atoms with Gasteiger partial charge in [0.05, 0.1) is 18.3 Å². The third-order valence-corrected chi connectivity index (χ3v) is 4.90. The highest BCUT2D eigenvalue weighted by molar-refractivity contribution is 7.90. The second-order valence-electron chi connectivity index (χ2n) is 4.93. The summed E-state index contributed by atoms with van der Waals surface area (Å²) >= 11 is 0. The zero-order valence-electron chi connectivity index (χ0n) is 11.2. The fourth-order valence-corrected chi connectivity index (χ4v) is 3.72. The molecule has 3 rings (SSSR count). The summed E-state index contributed by atoms with van der Waals surface area (Å²) in [6.07, 6.45) is 2.11. The number of benzene rings is 1. The summed E-state index contributed by atoms with van der Waals surface area (Å²) in [4.78, 5) is 6.40. The molecule has 0 saturated carbocycles. The van der Waals surface area contributed by atoms with Gasteiger partial charge < -0.3 is 9.64 Å². The lowest BCUT2D eigenvalue weighted by Gasteiger charge is -2.29. The summed E-state index contributed by atoms with van der Waals surface area (Å²) in [5.41, 5.74) is 0.636. The Labute approximate surface area is 118 Å². The first-order valence-electron chi connectivity index (χ1n) is 6.59. The lowest BCUT2D eigenvalue weighted by atomic mass is 10.2. The molecule has 2 aliphatic rings. The van der Waals surface area contributed by atoms with Crippen molar-refractivity contribution in [3.05, 3.63) is 24.3 Å². The Bertz CT molecular complexity index is 636. The lowest BCUT2D eigenvalue weighted by Crippen LogP contribution is -2.47. The first-order chi connectivity index (χ1) is 9.58. The van der Waals surface area contributed by atoms with Gasteiger partial charge in [-0.05, 0) is 25.0 Å². The van der Waals surface area contributed by atoms with Crippen LogP contribution < -0.4 is 9.62 Å². The molecule has 2 aliphatic heterocycles. The molecule has 0 bridgehead atoms. The molecule has 1 N–H and O–H groups in total. The summed E-state index contributed by atoms with van der Waals surface area (Å²) in [7, 11) is -1.73. The van der Waals surface area contributed by atoms with Crippen LogP contribution in [0, 0.1) is 0 Å². The van der Waals surface area contributed by atoms with E-state index in [-0.39, 0.29) is 11.0 Å². The molecular formula is C13H17N3O3S. The van der Waals surface area contributed by atoms with Crippen molar-refractivity contribution in [2.75, 3.05) is 25.1 Å². The molecule has 0 radical (unpaired) electrons.